The van der Waals surface area contributed by atoms with E-state index in [-0.39, 0.29) is 0 Å². The van der Waals surface area contributed by atoms with E-state index in [1.807, 2.05) is 0 Å². The summed E-state index contributed by atoms with van der Waals surface area (Å²) in [6, 6.07) is 0. The number of unbranched alkanes of at least 4 members (excludes halogenated alkanes) is 1. The molecule has 2 heteroatoms. The Kier molecular flexibility index (Phi) is 5.88. The van der Waals surface area contributed by atoms with E-state index in [0.29, 0.717) is 0 Å². The summed E-state index contributed by atoms with van der Waals surface area (Å²) in [5.41, 5.74) is 0. The average Bonchev–Trinajstić information content (AvgIpc) is 2.64. The molecule has 1 unspecified atom stereocenters. The van der Waals surface area contributed by atoms with Crippen LogP contribution in [0.1, 0.15) is 39.0 Å². The molecule has 0 aromatic rings. The lowest BCUT2D eigenvalue weighted by atomic mass is 10.0. The van der Waals surface area contributed by atoms with Crippen molar-refractivity contribution in [3.8, 4) is 0 Å². The summed E-state index contributed by atoms with van der Waals surface area (Å²) in [6.45, 7) is 6.22. The highest BCUT2D eigenvalue weighted by Crippen LogP contribution is 2.15. The van der Waals surface area contributed by atoms with E-state index in [2.05, 4.69) is 24.5 Å². The molecule has 0 bridgehead atoms. The predicted molar refractivity (Wildman–Crippen MR) is 62.5 cm³/mol. The van der Waals surface area contributed by atoms with Gasteiger partial charge in [0.2, 0.25) is 0 Å². The van der Waals surface area contributed by atoms with Gasteiger partial charge < -0.3 is 4.90 Å². The lowest BCUT2D eigenvalue weighted by Gasteiger charge is -2.21. The SMILES string of the molecule is CCCCC(CS)CN1CCCC1. The van der Waals surface area contributed by atoms with Crippen molar-refractivity contribution in [2.24, 2.45) is 5.92 Å². The van der Waals surface area contributed by atoms with E-state index < -0.39 is 0 Å². The van der Waals surface area contributed by atoms with E-state index in [0.717, 1.165) is 11.7 Å². The fourth-order valence-corrected chi connectivity index (χ4v) is 2.36. The topological polar surface area (TPSA) is 3.24 Å². The van der Waals surface area contributed by atoms with Gasteiger partial charge in [-0.3, -0.25) is 0 Å². The van der Waals surface area contributed by atoms with E-state index in [9.17, 15) is 0 Å². The Bertz CT molecular complexity index is 121. The zero-order chi connectivity index (χ0) is 9.52. The second-order valence-electron chi connectivity index (χ2n) is 4.20. The second kappa shape index (κ2) is 6.72. The summed E-state index contributed by atoms with van der Waals surface area (Å²) in [4.78, 5) is 2.61. The number of hydrogen-bond acceptors (Lipinski definition) is 2. The lowest BCUT2D eigenvalue weighted by molar-refractivity contribution is 0.280. The van der Waals surface area contributed by atoms with Crippen molar-refractivity contribution in [2.75, 3.05) is 25.4 Å². The molecule has 1 rings (SSSR count). The first-order valence-corrected chi connectivity index (χ1v) is 6.33. The van der Waals surface area contributed by atoms with Crippen LogP contribution >= 0.6 is 12.6 Å². The van der Waals surface area contributed by atoms with Gasteiger partial charge >= 0.3 is 0 Å². The monoisotopic (exact) mass is 201 g/mol. The maximum Gasteiger partial charge on any atom is 0.00175 e. The Labute approximate surface area is 88.3 Å². The minimum absolute atomic E-state index is 0.835. The summed E-state index contributed by atoms with van der Waals surface area (Å²) < 4.78 is 0. The summed E-state index contributed by atoms with van der Waals surface area (Å²) in [7, 11) is 0. The van der Waals surface area contributed by atoms with Crippen LogP contribution in [-0.4, -0.2) is 30.3 Å². The van der Waals surface area contributed by atoms with E-state index >= 15 is 0 Å². The molecule has 1 nitrogen and oxygen atoms in total. The van der Waals surface area contributed by atoms with Gasteiger partial charge in [0.1, 0.15) is 0 Å². The van der Waals surface area contributed by atoms with Crippen molar-refractivity contribution in [1.82, 2.24) is 4.90 Å². The first-order valence-electron chi connectivity index (χ1n) is 5.70. The van der Waals surface area contributed by atoms with Gasteiger partial charge in [0.25, 0.3) is 0 Å². The number of hydrogen-bond donors (Lipinski definition) is 1. The summed E-state index contributed by atoms with van der Waals surface area (Å²) in [5.74, 6) is 1.90. The minimum atomic E-state index is 0.835. The van der Waals surface area contributed by atoms with Crippen LogP contribution in [0.3, 0.4) is 0 Å². The molecule has 13 heavy (non-hydrogen) atoms. The molecule has 0 N–H and O–H groups in total. The second-order valence-corrected chi connectivity index (χ2v) is 4.56. The van der Waals surface area contributed by atoms with E-state index in [1.54, 1.807) is 0 Å². The first-order chi connectivity index (χ1) is 6.36. The first kappa shape index (κ1) is 11.4. The van der Waals surface area contributed by atoms with Gasteiger partial charge in [-0.1, -0.05) is 19.8 Å². The van der Waals surface area contributed by atoms with Crippen LogP contribution in [-0.2, 0) is 0 Å². The molecule has 0 aromatic carbocycles. The lowest BCUT2D eigenvalue weighted by Crippen LogP contribution is -2.27. The number of thiol groups is 1. The molecule has 0 aromatic heterocycles. The molecule has 1 atom stereocenters. The van der Waals surface area contributed by atoms with Crippen molar-refractivity contribution < 1.29 is 0 Å². The highest BCUT2D eigenvalue weighted by atomic mass is 32.1. The third-order valence-electron chi connectivity index (χ3n) is 2.94. The number of rotatable bonds is 6. The minimum Gasteiger partial charge on any atom is -0.303 e. The van der Waals surface area contributed by atoms with Crippen LogP contribution in [0.15, 0.2) is 0 Å². The smallest absolute Gasteiger partial charge is 0.00175 e. The van der Waals surface area contributed by atoms with Crippen molar-refractivity contribution in [3.05, 3.63) is 0 Å². The zero-order valence-corrected chi connectivity index (χ0v) is 9.73. The van der Waals surface area contributed by atoms with Crippen LogP contribution in [0.5, 0.6) is 0 Å². The quantitative estimate of drug-likeness (QED) is 0.647. The van der Waals surface area contributed by atoms with Gasteiger partial charge in [-0.15, -0.1) is 0 Å². The Morgan fingerprint density at radius 1 is 1.31 bits per heavy atom. The highest BCUT2D eigenvalue weighted by molar-refractivity contribution is 7.80. The summed E-state index contributed by atoms with van der Waals surface area (Å²) in [6.07, 6.45) is 6.89. The molecule has 0 saturated carbocycles. The van der Waals surface area contributed by atoms with Crippen LogP contribution < -0.4 is 0 Å². The maximum absolute atomic E-state index is 4.43. The van der Waals surface area contributed by atoms with Gasteiger partial charge in [0.15, 0.2) is 0 Å². The number of likely N-dealkylation sites (tertiary alicyclic amines) is 1. The average molecular weight is 201 g/mol. The van der Waals surface area contributed by atoms with Crippen LogP contribution in [0.2, 0.25) is 0 Å². The molecule has 1 saturated heterocycles. The molecular formula is C11H23NS. The summed E-state index contributed by atoms with van der Waals surface area (Å²) >= 11 is 4.43. The molecule has 0 aliphatic carbocycles. The molecule has 0 radical (unpaired) electrons. The Hall–Kier alpha value is 0.310. The molecule has 0 spiro atoms. The van der Waals surface area contributed by atoms with E-state index in [1.165, 1.54) is 51.7 Å². The molecule has 1 fully saturated rings. The molecule has 1 heterocycles. The molecule has 0 amide bonds. The van der Waals surface area contributed by atoms with Crippen LogP contribution in [0.4, 0.5) is 0 Å². The Morgan fingerprint density at radius 2 is 2.00 bits per heavy atom. The van der Waals surface area contributed by atoms with Crippen molar-refractivity contribution in [2.45, 2.75) is 39.0 Å². The van der Waals surface area contributed by atoms with Gasteiger partial charge in [-0.2, -0.15) is 12.6 Å². The van der Waals surface area contributed by atoms with Gasteiger partial charge in [0, 0.05) is 6.54 Å². The Morgan fingerprint density at radius 3 is 2.54 bits per heavy atom. The molecule has 1 aliphatic rings. The van der Waals surface area contributed by atoms with Gasteiger partial charge in [-0.25, -0.2) is 0 Å². The normalized spacial score (nSPS) is 20.8. The summed E-state index contributed by atoms with van der Waals surface area (Å²) in [5, 5.41) is 0. The van der Waals surface area contributed by atoms with Crippen molar-refractivity contribution >= 4 is 12.6 Å². The van der Waals surface area contributed by atoms with E-state index in [4.69, 9.17) is 0 Å². The van der Waals surface area contributed by atoms with Crippen molar-refractivity contribution in [1.29, 1.82) is 0 Å². The molecular weight excluding hydrogens is 178 g/mol. The fourth-order valence-electron chi connectivity index (χ4n) is 2.06. The fraction of sp³-hybridized carbons (Fsp3) is 1.00. The molecule has 1 aliphatic heterocycles. The highest BCUT2D eigenvalue weighted by Gasteiger charge is 2.15. The van der Waals surface area contributed by atoms with Gasteiger partial charge in [0.05, 0.1) is 0 Å². The standard InChI is InChI=1S/C11H23NS/c1-2-3-6-11(10-13)9-12-7-4-5-8-12/h11,13H,2-10H2,1H3. The number of nitrogens with zero attached hydrogens (tertiary/aromatic N) is 1. The Balaban J connectivity index is 2.13. The molecule has 78 valence electrons. The largest absolute Gasteiger partial charge is 0.303 e. The third kappa shape index (κ3) is 4.37. The van der Waals surface area contributed by atoms with Crippen LogP contribution in [0.25, 0.3) is 0 Å². The van der Waals surface area contributed by atoms with Crippen molar-refractivity contribution in [3.63, 3.8) is 0 Å². The zero-order valence-electron chi connectivity index (χ0n) is 8.84. The maximum atomic E-state index is 4.43. The van der Waals surface area contributed by atoms with Gasteiger partial charge in [-0.05, 0) is 44.0 Å². The third-order valence-corrected chi connectivity index (χ3v) is 3.46. The predicted octanol–water partition coefficient (Wildman–Crippen LogP) is 2.82. The van der Waals surface area contributed by atoms with Crippen LogP contribution in [0, 0.1) is 5.92 Å².